The molecule has 0 unspecified atom stereocenters. The van der Waals surface area contributed by atoms with E-state index in [1.54, 1.807) is 7.11 Å². The standard InChI is InChI=1S/C15H15BN2O2/c1-20-13-6-7-15-14(8-13)17-10-18(15)9-11-2-4-12(16-19)5-3-11/h2-8,10,16,19H,9H2,1H3. The summed E-state index contributed by atoms with van der Waals surface area (Å²) in [5, 5.41) is 9.05. The molecule has 0 bridgehead atoms. The van der Waals surface area contributed by atoms with E-state index >= 15 is 0 Å². The van der Waals surface area contributed by atoms with Gasteiger partial charge in [0.1, 0.15) is 5.75 Å². The molecule has 0 aliphatic rings. The molecule has 1 N–H and O–H groups in total. The summed E-state index contributed by atoms with van der Waals surface area (Å²) in [7, 11) is 1.73. The van der Waals surface area contributed by atoms with Crippen molar-refractivity contribution in [3.63, 3.8) is 0 Å². The van der Waals surface area contributed by atoms with Crippen molar-refractivity contribution in [3.8, 4) is 5.75 Å². The van der Waals surface area contributed by atoms with Gasteiger partial charge < -0.3 is 14.3 Å². The van der Waals surface area contributed by atoms with Crippen LogP contribution in [0.3, 0.4) is 0 Å². The monoisotopic (exact) mass is 266 g/mol. The molecule has 0 aliphatic heterocycles. The Morgan fingerprint density at radius 2 is 2.00 bits per heavy atom. The van der Waals surface area contributed by atoms with Crippen LogP contribution in [0.5, 0.6) is 5.75 Å². The number of hydrogen-bond acceptors (Lipinski definition) is 3. The number of nitrogens with zero attached hydrogens (tertiary/aromatic N) is 2. The SMILES string of the molecule is COc1ccc2c(c1)ncn2Cc1ccc(BO)cc1. The van der Waals surface area contributed by atoms with Crippen molar-refractivity contribution in [3.05, 3.63) is 54.4 Å². The van der Waals surface area contributed by atoms with Gasteiger partial charge in [-0.25, -0.2) is 4.98 Å². The molecular weight excluding hydrogens is 251 g/mol. The molecule has 1 heterocycles. The van der Waals surface area contributed by atoms with Crippen LogP contribution in [0.2, 0.25) is 0 Å². The molecule has 2 aromatic carbocycles. The average molecular weight is 266 g/mol. The van der Waals surface area contributed by atoms with Crippen LogP contribution in [-0.2, 0) is 6.54 Å². The lowest BCUT2D eigenvalue weighted by molar-refractivity contribution is 0.415. The van der Waals surface area contributed by atoms with Crippen LogP contribution in [0.4, 0.5) is 0 Å². The molecular formula is C15H15BN2O2. The third-order valence-electron chi connectivity index (χ3n) is 3.39. The summed E-state index contributed by atoms with van der Waals surface area (Å²) >= 11 is 0. The van der Waals surface area contributed by atoms with Crippen LogP contribution in [-0.4, -0.2) is 29.2 Å². The van der Waals surface area contributed by atoms with Crippen LogP contribution in [0, 0.1) is 0 Å². The fraction of sp³-hybridized carbons (Fsp3) is 0.133. The van der Waals surface area contributed by atoms with Gasteiger partial charge in [-0.2, -0.15) is 0 Å². The highest BCUT2D eigenvalue weighted by Gasteiger charge is 2.05. The minimum absolute atomic E-state index is 0.0775. The van der Waals surface area contributed by atoms with Crippen LogP contribution in [0.25, 0.3) is 11.0 Å². The van der Waals surface area contributed by atoms with Gasteiger partial charge in [0.15, 0.2) is 0 Å². The largest absolute Gasteiger partial charge is 0.497 e. The summed E-state index contributed by atoms with van der Waals surface area (Å²) in [5.41, 5.74) is 4.11. The Balaban J connectivity index is 1.90. The molecule has 5 heteroatoms. The van der Waals surface area contributed by atoms with Crippen molar-refractivity contribution >= 4 is 24.0 Å². The molecule has 0 atom stereocenters. The Morgan fingerprint density at radius 1 is 1.20 bits per heavy atom. The number of hydrogen-bond donors (Lipinski definition) is 1. The summed E-state index contributed by atoms with van der Waals surface area (Å²) in [6.07, 6.45) is 1.84. The van der Waals surface area contributed by atoms with Gasteiger partial charge in [-0.15, -0.1) is 0 Å². The maximum atomic E-state index is 9.05. The van der Waals surface area contributed by atoms with Crippen molar-refractivity contribution < 1.29 is 9.76 Å². The van der Waals surface area contributed by atoms with Crippen molar-refractivity contribution in [1.29, 1.82) is 0 Å². The highest BCUT2D eigenvalue weighted by atomic mass is 16.5. The third-order valence-corrected chi connectivity index (χ3v) is 3.39. The lowest BCUT2D eigenvalue weighted by Gasteiger charge is -2.06. The van der Waals surface area contributed by atoms with E-state index in [-0.39, 0.29) is 7.48 Å². The van der Waals surface area contributed by atoms with Gasteiger partial charge in [0, 0.05) is 12.6 Å². The zero-order valence-corrected chi connectivity index (χ0v) is 11.3. The first-order chi connectivity index (χ1) is 9.80. The predicted octanol–water partition coefficient (Wildman–Crippen LogP) is 1.06. The zero-order valence-electron chi connectivity index (χ0n) is 11.3. The molecule has 3 aromatic rings. The molecule has 3 rings (SSSR count). The predicted molar refractivity (Wildman–Crippen MR) is 80.8 cm³/mol. The maximum Gasteiger partial charge on any atom is 0.304 e. The number of aromatic nitrogens is 2. The van der Waals surface area contributed by atoms with Gasteiger partial charge in [0.05, 0.1) is 24.5 Å². The number of methoxy groups -OCH3 is 1. The van der Waals surface area contributed by atoms with Crippen molar-refractivity contribution in [2.24, 2.45) is 0 Å². The van der Waals surface area contributed by atoms with E-state index in [1.807, 2.05) is 48.8 Å². The lowest BCUT2D eigenvalue weighted by Crippen LogP contribution is -2.12. The fourth-order valence-electron chi connectivity index (χ4n) is 2.24. The fourth-order valence-corrected chi connectivity index (χ4v) is 2.24. The van der Waals surface area contributed by atoms with E-state index in [0.717, 1.165) is 28.8 Å². The van der Waals surface area contributed by atoms with Gasteiger partial charge in [0.2, 0.25) is 0 Å². The Morgan fingerprint density at radius 3 is 2.70 bits per heavy atom. The maximum absolute atomic E-state index is 9.05. The Kier molecular flexibility index (Phi) is 3.43. The molecule has 100 valence electrons. The third kappa shape index (κ3) is 2.40. The first kappa shape index (κ1) is 12.8. The Bertz CT molecular complexity index is 722. The van der Waals surface area contributed by atoms with Gasteiger partial charge in [-0.3, -0.25) is 0 Å². The number of benzene rings is 2. The van der Waals surface area contributed by atoms with Crippen molar-refractivity contribution in [2.75, 3.05) is 7.11 Å². The van der Waals surface area contributed by atoms with Crippen LogP contribution in [0.15, 0.2) is 48.8 Å². The van der Waals surface area contributed by atoms with E-state index in [2.05, 4.69) is 9.55 Å². The highest BCUT2D eigenvalue weighted by Crippen LogP contribution is 2.20. The summed E-state index contributed by atoms with van der Waals surface area (Å²) in [6, 6.07) is 13.8. The van der Waals surface area contributed by atoms with Crippen LogP contribution in [0.1, 0.15) is 5.56 Å². The van der Waals surface area contributed by atoms with E-state index < -0.39 is 0 Å². The minimum atomic E-state index is 0.0775. The topological polar surface area (TPSA) is 47.3 Å². The van der Waals surface area contributed by atoms with Crippen molar-refractivity contribution in [1.82, 2.24) is 9.55 Å². The summed E-state index contributed by atoms with van der Waals surface area (Å²) in [6.45, 7) is 0.758. The number of rotatable bonds is 4. The van der Waals surface area contributed by atoms with Gasteiger partial charge in [0.25, 0.3) is 0 Å². The smallest absolute Gasteiger partial charge is 0.304 e. The molecule has 0 fully saturated rings. The molecule has 0 radical (unpaired) electrons. The molecule has 0 amide bonds. The molecule has 0 saturated heterocycles. The Labute approximate surface area is 117 Å². The highest BCUT2D eigenvalue weighted by molar-refractivity contribution is 6.45. The second-order valence-electron chi connectivity index (χ2n) is 4.70. The minimum Gasteiger partial charge on any atom is -0.497 e. The number of ether oxygens (including phenoxy) is 1. The number of imidazole rings is 1. The second kappa shape index (κ2) is 5.39. The number of fused-ring (bicyclic) bond motifs is 1. The summed E-state index contributed by atoms with van der Waals surface area (Å²) in [4.78, 5) is 4.40. The van der Waals surface area contributed by atoms with Crippen molar-refractivity contribution in [2.45, 2.75) is 6.54 Å². The average Bonchev–Trinajstić information content (AvgIpc) is 2.90. The Hall–Kier alpha value is -2.27. The molecule has 0 aliphatic carbocycles. The summed E-state index contributed by atoms with van der Waals surface area (Å²) < 4.78 is 7.30. The van der Waals surface area contributed by atoms with E-state index in [1.165, 1.54) is 5.56 Å². The molecule has 0 spiro atoms. The normalized spacial score (nSPS) is 10.7. The van der Waals surface area contributed by atoms with Crippen LogP contribution < -0.4 is 10.2 Å². The van der Waals surface area contributed by atoms with E-state index in [0.29, 0.717) is 0 Å². The van der Waals surface area contributed by atoms with Gasteiger partial charge in [-0.1, -0.05) is 29.7 Å². The quantitative estimate of drug-likeness (QED) is 0.718. The molecule has 0 saturated carbocycles. The molecule has 1 aromatic heterocycles. The zero-order chi connectivity index (χ0) is 13.9. The van der Waals surface area contributed by atoms with Crippen LogP contribution >= 0.6 is 0 Å². The van der Waals surface area contributed by atoms with E-state index in [9.17, 15) is 0 Å². The van der Waals surface area contributed by atoms with Gasteiger partial charge in [-0.05, 0) is 17.7 Å². The summed E-state index contributed by atoms with van der Waals surface area (Å²) in [5.74, 6) is 0.815. The second-order valence-corrected chi connectivity index (χ2v) is 4.70. The molecule has 4 nitrogen and oxygen atoms in total. The first-order valence-corrected chi connectivity index (χ1v) is 6.47. The van der Waals surface area contributed by atoms with Gasteiger partial charge >= 0.3 is 7.48 Å². The first-order valence-electron chi connectivity index (χ1n) is 6.47. The van der Waals surface area contributed by atoms with E-state index in [4.69, 9.17) is 9.76 Å². The lowest BCUT2D eigenvalue weighted by atomic mass is 9.88. The molecule has 20 heavy (non-hydrogen) atoms.